The molecule has 0 aromatic heterocycles. The summed E-state index contributed by atoms with van der Waals surface area (Å²) in [6.07, 6.45) is -0.660. The predicted molar refractivity (Wildman–Crippen MR) is 95.4 cm³/mol. The van der Waals surface area contributed by atoms with Crippen molar-refractivity contribution in [3.63, 3.8) is 0 Å². The van der Waals surface area contributed by atoms with Crippen molar-refractivity contribution in [2.24, 2.45) is 11.8 Å². The molecule has 0 aliphatic heterocycles. The number of hydrogen-bond acceptors (Lipinski definition) is 1. The highest BCUT2D eigenvalue weighted by atomic mass is 19.4. The summed E-state index contributed by atoms with van der Waals surface area (Å²) in [4.78, 5) is 0. The predicted octanol–water partition coefficient (Wildman–Crippen LogP) is 7.30. The molecule has 1 aromatic carbocycles. The average Bonchev–Trinajstić information content (AvgIpc) is 2.61. The van der Waals surface area contributed by atoms with Gasteiger partial charge < -0.3 is 4.74 Å². The first-order chi connectivity index (χ1) is 13.6. The minimum Gasteiger partial charge on any atom is -0.367 e. The number of benzene rings is 1. The van der Waals surface area contributed by atoms with E-state index in [-0.39, 0.29) is 5.56 Å². The molecule has 1 aromatic rings. The lowest BCUT2D eigenvalue weighted by Crippen LogP contribution is -2.34. The van der Waals surface area contributed by atoms with Crippen LogP contribution in [0.1, 0.15) is 56.6 Å². The van der Waals surface area contributed by atoms with E-state index in [4.69, 9.17) is 4.74 Å². The lowest BCUT2D eigenvalue weighted by Gasteiger charge is -2.33. The van der Waals surface area contributed by atoms with E-state index in [0.29, 0.717) is 30.9 Å². The van der Waals surface area contributed by atoms with Crippen molar-refractivity contribution < 1.29 is 35.5 Å². The summed E-state index contributed by atoms with van der Waals surface area (Å²) >= 11 is 0. The van der Waals surface area contributed by atoms with Gasteiger partial charge in [0.25, 0.3) is 6.43 Å². The maximum Gasteiger partial charge on any atom is 0.422 e. The maximum atomic E-state index is 13.6. The third kappa shape index (κ3) is 6.73. The SMILES string of the molecule is C/C=C/CCC1CCC(C(OCc2cc(F)c(C(F)(F)F)c(F)c2)C(F)F)CC1. The molecule has 0 radical (unpaired) electrons. The summed E-state index contributed by atoms with van der Waals surface area (Å²) in [5, 5.41) is 0. The van der Waals surface area contributed by atoms with Gasteiger partial charge in [-0.3, -0.25) is 0 Å². The number of rotatable bonds is 8. The van der Waals surface area contributed by atoms with Gasteiger partial charge in [-0.15, -0.1) is 0 Å². The second-order valence-corrected chi connectivity index (χ2v) is 7.47. The van der Waals surface area contributed by atoms with Gasteiger partial charge in [-0.05, 0) is 62.1 Å². The first-order valence-corrected chi connectivity index (χ1v) is 9.69. The van der Waals surface area contributed by atoms with Crippen molar-refractivity contribution in [3.8, 4) is 0 Å². The summed E-state index contributed by atoms with van der Waals surface area (Å²) in [5.74, 6) is -3.49. The molecule has 1 atom stereocenters. The van der Waals surface area contributed by atoms with Crippen LogP contribution in [-0.2, 0) is 17.5 Å². The minimum atomic E-state index is -5.18. The first-order valence-electron chi connectivity index (χ1n) is 9.69. The fourth-order valence-corrected chi connectivity index (χ4v) is 3.89. The molecule has 8 heteroatoms. The highest BCUT2D eigenvalue weighted by Gasteiger charge is 2.38. The van der Waals surface area contributed by atoms with Crippen LogP contribution >= 0.6 is 0 Å². The fraction of sp³-hybridized carbons (Fsp3) is 0.619. The van der Waals surface area contributed by atoms with E-state index in [1.165, 1.54) is 0 Å². The standard InChI is InChI=1S/C21H25F7O/c1-2-3-4-5-13-6-8-15(9-7-13)19(20(24)25)29-12-14-10-16(22)18(17(23)11-14)21(26,27)28/h2-3,10-11,13,15,19-20H,4-9,12H2,1H3/b3-2+. The number of hydrogen-bond donors (Lipinski definition) is 0. The monoisotopic (exact) mass is 426 g/mol. The van der Waals surface area contributed by atoms with E-state index >= 15 is 0 Å². The second-order valence-electron chi connectivity index (χ2n) is 7.47. The molecule has 1 saturated carbocycles. The highest BCUT2D eigenvalue weighted by molar-refractivity contribution is 5.28. The van der Waals surface area contributed by atoms with Crippen LogP contribution in [0.5, 0.6) is 0 Å². The van der Waals surface area contributed by atoms with Crippen LogP contribution in [0.15, 0.2) is 24.3 Å². The second kappa shape index (κ2) is 10.5. The Morgan fingerprint density at radius 2 is 1.66 bits per heavy atom. The van der Waals surface area contributed by atoms with Gasteiger partial charge in [0.15, 0.2) is 0 Å². The van der Waals surface area contributed by atoms with Gasteiger partial charge in [0.1, 0.15) is 23.3 Å². The summed E-state index contributed by atoms with van der Waals surface area (Å²) in [6, 6.07) is 0.958. The molecule has 1 aliphatic rings. The van der Waals surface area contributed by atoms with Crippen LogP contribution in [0.25, 0.3) is 0 Å². The average molecular weight is 426 g/mol. The molecule has 1 aliphatic carbocycles. The molecule has 0 spiro atoms. The smallest absolute Gasteiger partial charge is 0.367 e. The van der Waals surface area contributed by atoms with Crippen molar-refractivity contribution in [2.45, 2.75) is 70.8 Å². The molecule has 1 nitrogen and oxygen atoms in total. The first kappa shape index (κ1) is 23.7. The van der Waals surface area contributed by atoms with Gasteiger partial charge >= 0.3 is 6.18 Å². The van der Waals surface area contributed by atoms with Crippen molar-refractivity contribution in [1.82, 2.24) is 0 Å². The maximum absolute atomic E-state index is 13.6. The van der Waals surface area contributed by atoms with E-state index in [1.54, 1.807) is 0 Å². The molecule has 0 amide bonds. The van der Waals surface area contributed by atoms with Crippen molar-refractivity contribution >= 4 is 0 Å². The van der Waals surface area contributed by atoms with Crippen LogP contribution in [0.2, 0.25) is 0 Å². The molecule has 1 fully saturated rings. The van der Waals surface area contributed by atoms with Gasteiger partial charge in [0, 0.05) is 0 Å². The molecule has 0 N–H and O–H groups in total. The molecule has 2 rings (SSSR count). The van der Waals surface area contributed by atoms with Crippen LogP contribution in [0.3, 0.4) is 0 Å². The summed E-state index contributed by atoms with van der Waals surface area (Å²) in [7, 11) is 0. The van der Waals surface area contributed by atoms with Crippen LogP contribution in [0.4, 0.5) is 30.7 Å². The number of allylic oxidation sites excluding steroid dienone is 2. The largest absolute Gasteiger partial charge is 0.422 e. The fourth-order valence-electron chi connectivity index (χ4n) is 3.89. The van der Waals surface area contributed by atoms with Crippen LogP contribution in [-0.4, -0.2) is 12.5 Å². The Labute approximate surface area is 165 Å². The number of alkyl halides is 5. The Morgan fingerprint density at radius 3 is 2.14 bits per heavy atom. The minimum absolute atomic E-state index is 0.251. The van der Waals surface area contributed by atoms with Crippen LogP contribution < -0.4 is 0 Å². The lowest BCUT2D eigenvalue weighted by atomic mass is 9.77. The van der Waals surface area contributed by atoms with E-state index in [1.807, 2.05) is 13.0 Å². The van der Waals surface area contributed by atoms with Gasteiger partial charge in [-0.2, -0.15) is 13.2 Å². The summed E-state index contributed by atoms with van der Waals surface area (Å²) in [5.41, 5.74) is -2.25. The summed E-state index contributed by atoms with van der Waals surface area (Å²) < 4.78 is 97.3. The zero-order valence-corrected chi connectivity index (χ0v) is 16.1. The van der Waals surface area contributed by atoms with E-state index < -0.39 is 48.4 Å². The van der Waals surface area contributed by atoms with E-state index in [0.717, 1.165) is 25.7 Å². The quantitative estimate of drug-likeness (QED) is 0.313. The Balaban J connectivity index is 1.97. The number of halogens is 7. The third-order valence-corrected chi connectivity index (χ3v) is 5.41. The van der Waals surface area contributed by atoms with Gasteiger partial charge in [-0.1, -0.05) is 25.0 Å². The van der Waals surface area contributed by atoms with Gasteiger partial charge in [-0.25, -0.2) is 17.6 Å². The molecule has 0 bridgehead atoms. The molecule has 0 heterocycles. The van der Waals surface area contributed by atoms with Crippen molar-refractivity contribution in [3.05, 3.63) is 47.0 Å². The molecule has 164 valence electrons. The zero-order valence-electron chi connectivity index (χ0n) is 16.1. The summed E-state index contributed by atoms with van der Waals surface area (Å²) in [6.45, 7) is 1.36. The van der Waals surface area contributed by atoms with Gasteiger partial charge in [0.2, 0.25) is 0 Å². The Bertz CT molecular complexity index is 653. The molecular weight excluding hydrogens is 401 g/mol. The molecule has 29 heavy (non-hydrogen) atoms. The lowest BCUT2D eigenvalue weighted by molar-refractivity contribution is -0.142. The van der Waals surface area contributed by atoms with E-state index in [2.05, 4.69) is 6.08 Å². The van der Waals surface area contributed by atoms with Crippen molar-refractivity contribution in [1.29, 1.82) is 0 Å². The molecule has 0 saturated heterocycles. The normalized spacial score (nSPS) is 21.8. The molecular formula is C21H25F7O. The van der Waals surface area contributed by atoms with Crippen LogP contribution in [0, 0.1) is 23.5 Å². The zero-order chi connectivity index (χ0) is 21.6. The molecule has 1 unspecified atom stereocenters. The van der Waals surface area contributed by atoms with Gasteiger partial charge in [0.05, 0.1) is 6.61 Å². The Morgan fingerprint density at radius 1 is 1.07 bits per heavy atom. The Hall–Kier alpha value is -1.57. The topological polar surface area (TPSA) is 9.23 Å². The van der Waals surface area contributed by atoms with Crippen molar-refractivity contribution in [2.75, 3.05) is 0 Å². The Kier molecular flexibility index (Phi) is 8.55. The highest BCUT2D eigenvalue weighted by Crippen LogP contribution is 2.37. The number of ether oxygens (including phenoxy) is 1. The third-order valence-electron chi connectivity index (χ3n) is 5.41. The van der Waals surface area contributed by atoms with E-state index in [9.17, 15) is 30.7 Å².